The molecule has 0 fully saturated rings. The van der Waals surface area contributed by atoms with Gasteiger partial charge in [-0.1, -0.05) is 52.6 Å². The molecule has 0 aliphatic rings. The number of nitrogens with one attached hydrogen (secondary N) is 1. The van der Waals surface area contributed by atoms with Crippen molar-refractivity contribution in [3.05, 3.63) is 85.9 Å². The van der Waals surface area contributed by atoms with E-state index < -0.39 is 0 Å². The average molecular weight is 579 g/mol. The van der Waals surface area contributed by atoms with Gasteiger partial charge in [-0.2, -0.15) is 5.10 Å². The first-order valence-electron chi connectivity index (χ1n) is 11.0. The molecule has 0 aliphatic carbocycles. The number of ether oxygens (including phenoxy) is 1. The lowest BCUT2D eigenvalue weighted by atomic mass is 10.2. The molecule has 1 amide bonds. The zero-order chi connectivity index (χ0) is 26.5. The summed E-state index contributed by atoms with van der Waals surface area (Å²) in [6, 6.07) is 12.7. The summed E-state index contributed by atoms with van der Waals surface area (Å²) >= 11 is 19.4. The van der Waals surface area contributed by atoms with Crippen LogP contribution in [0.2, 0.25) is 15.1 Å². The van der Waals surface area contributed by atoms with Gasteiger partial charge >= 0.3 is 0 Å². The van der Waals surface area contributed by atoms with Crippen molar-refractivity contribution in [1.82, 2.24) is 20.2 Å². The van der Waals surface area contributed by atoms with E-state index in [9.17, 15) is 4.79 Å². The molecule has 0 unspecified atom stereocenters. The zero-order valence-electron chi connectivity index (χ0n) is 20.1. The van der Waals surface area contributed by atoms with Crippen LogP contribution in [0, 0.1) is 20.8 Å². The second-order valence-electron chi connectivity index (χ2n) is 7.95. The molecular weight excluding hydrogens is 557 g/mol. The second kappa shape index (κ2) is 12.0. The summed E-state index contributed by atoms with van der Waals surface area (Å²) in [6.07, 6.45) is 1.62. The van der Waals surface area contributed by atoms with E-state index in [4.69, 9.17) is 44.0 Å². The van der Waals surface area contributed by atoms with E-state index in [-0.39, 0.29) is 29.4 Å². The maximum Gasteiger partial charge on any atom is 0.277 e. The van der Waals surface area contributed by atoms with Gasteiger partial charge < -0.3 is 13.7 Å². The van der Waals surface area contributed by atoms with Crippen molar-refractivity contribution in [3.8, 4) is 11.4 Å². The molecular formula is C25H22Cl3N5O3S. The van der Waals surface area contributed by atoms with Gasteiger partial charge in [-0.25, -0.2) is 5.43 Å². The number of amides is 1. The van der Waals surface area contributed by atoms with Gasteiger partial charge in [0.1, 0.15) is 5.75 Å². The van der Waals surface area contributed by atoms with Crippen LogP contribution in [-0.2, 0) is 11.4 Å². The van der Waals surface area contributed by atoms with E-state index in [1.54, 1.807) is 24.4 Å². The minimum Gasteiger partial charge on any atom is -0.482 e. The molecule has 8 nitrogen and oxygen atoms in total. The second-order valence-corrected chi connectivity index (χ2v) is 10.1. The van der Waals surface area contributed by atoms with E-state index in [0.29, 0.717) is 20.8 Å². The standard InChI is InChI=1S/C25H22Cl3N5O3S/c1-14-9-17(16(3)33(14)21-6-4-5-19(27)15(21)2)11-29-30-23(34)13-37-25-32-31-24(36-25)12-35-22-8-7-18(26)10-20(22)28/h4-11H,12-13H2,1-3H3,(H,30,34)/b29-11-. The Morgan fingerprint density at radius 2 is 1.95 bits per heavy atom. The van der Waals surface area contributed by atoms with Gasteiger partial charge in [0.2, 0.25) is 0 Å². The minimum atomic E-state index is -0.315. The number of hydrogen-bond donors (Lipinski definition) is 1. The van der Waals surface area contributed by atoms with Crippen molar-refractivity contribution in [1.29, 1.82) is 0 Å². The Kier molecular flexibility index (Phi) is 8.81. The Morgan fingerprint density at radius 1 is 1.14 bits per heavy atom. The monoisotopic (exact) mass is 577 g/mol. The summed E-state index contributed by atoms with van der Waals surface area (Å²) in [5.74, 6) is 0.421. The molecule has 2 aromatic heterocycles. The molecule has 0 spiro atoms. The molecule has 2 aromatic carbocycles. The highest BCUT2D eigenvalue weighted by atomic mass is 35.5. The van der Waals surface area contributed by atoms with Crippen LogP contribution in [0.5, 0.6) is 5.75 Å². The zero-order valence-corrected chi connectivity index (χ0v) is 23.2. The van der Waals surface area contributed by atoms with E-state index in [0.717, 1.165) is 40.0 Å². The first-order chi connectivity index (χ1) is 17.7. The molecule has 1 N–H and O–H groups in total. The van der Waals surface area contributed by atoms with Gasteiger partial charge in [0.05, 0.1) is 17.0 Å². The highest BCUT2D eigenvalue weighted by Crippen LogP contribution is 2.29. The number of benzene rings is 2. The summed E-state index contributed by atoms with van der Waals surface area (Å²) in [7, 11) is 0. The quantitative estimate of drug-likeness (QED) is 0.137. The molecule has 0 atom stereocenters. The number of rotatable bonds is 9. The van der Waals surface area contributed by atoms with Gasteiger partial charge in [-0.15, -0.1) is 10.2 Å². The number of hydrazone groups is 1. The molecule has 4 rings (SSSR count). The predicted octanol–water partition coefficient (Wildman–Crippen LogP) is 6.57. The molecule has 37 heavy (non-hydrogen) atoms. The average Bonchev–Trinajstić information content (AvgIpc) is 3.42. The van der Waals surface area contributed by atoms with Crippen molar-refractivity contribution in [2.75, 3.05) is 5.75 Å². The van der Waals surface area contributed by atoms with Crippen molar-refractivity contribution in [2.45, 2.75) is 32.6 Å². The Bertz CT molecular complexity index is 1470. The van der Waals surface area contributed by atoms with E-state index >= 15 is 0 Å². The lowest BCUT2D eigenvalue weighted by Gasteiger charge is -2.13. The maximum atomic E-state index is 12.2. The SMILES string of the molecule is Cc1c(Cl)cccc1-n1c(C)cc(/C=N\NC(=O)CSc2nnc(COc3ccc(Cl)cc3Cl)o2)c1C. The van der Waals surface area contributed by atoms with Crippen molar-refractivity contribution in [2.24, 2.45) is 5.10 Å². The van der Waals surface area contributed by atoms with Crippen LogP contribution in [0.3, 0.4) is 0 Å². The number of carbonyl (C=O) groups excluding carboxylic acids is 1. The Balaban J connectivity index is 1.29. The summed E-state index contributed by atoms with van der Waals surface area (Å²) in [5.41, 5.74) is 7.41. The highest BCUT2D eigenvalue weighted by molar-refractivity contribution is 7.99. The molecule has 0 saturated heterocycles. The van der Waals surface area contributed by atoms with Gasteiger partial charge in [0.25, 0.3) is 17.0 Å². The Morgan fingerprint density at radius 3 is 2.73 bits per heavy atom. The van der Waals surface area contributed by atoms with Crippen LogP contribution in [-0.4, -0.2) is 32.6 Å². The third-order valence-corrected chi connectivity index (χ3v) is 7.12. The fraction of sp³-hybridized carbons (Fsp3) is 0.200. The van der Waals surface area contributed by atoms with Crippen molar-refractivity contribution < 1.29 is 13.9 Å². The lowest BCUT2D eigenvalue weighted by Crippen LogP contribution is -2.19. The molecule has 0 aliphatic heterocycles. The van der Waals surface area contributed by atoms with Gasteiger partial charge in [0, 0.05) is 32.7 Å². The number of thioether (sulfide) groups is 1. The van der Waals surface area contributed by atoms with Crippen LogP contribution in [0.4, 0.5) is 0 Å². The molecule has 192 valence electrons. The molecule has 12 heteroatoms. The van der Waals surface area contributed by atoms with Crippen LogP contribution in [0.15, 0.2) is 57.2 Å². The molecule has 0 radical (unpaired) electrons. The largest absolute Gasteiger partial charge is 0.482 e. The number of aryl methyl sites for hydroxylation is 1. The summed E-state index contributed by atoms with van der Waals surface area (Å²) in [5, 5.41) is 13.7. The van der Waals surface area contributed by atoms with Crippen LogP contribution >= 0.6 is 46.6 Å². The highest BCUT2D eigenvalue weighted by Gasteiger charge is 2.14. The number of hydrogen-bond acceptors (Lipinski definition) is 7. The molecule has 0 bridgehead atoms. The Hall–Kier alpha value is -2.98. The minimum absolute atomic E-state index is 0.0263. The van der Waals surface area contributed by atoms with E-state index in [2.05, 4.69) is 25.3 Å². The van der Waals surface area contributed by atoms with Crippen molar-refractivity contribution in [3.63, 3.8) is 0 Å². The predicted molar refractivity (Wildman–Crippen MR) is 147 cm³/mol. The van der Waals surface area contributed by atoms with E-state index in [1.165, 1.54) is 0 Å². The van der Waals surface area contributed by atoms with Crippen LogP contribution in [0.1, 0.15) is 28.4 Å². The molecule has 0 saturated carbocycles. The summed E-state index contributed by atoms with van der Waals surface area (Å²) in [4.78, 5) is 12.2. The summed E-state index contributed by atoms with van der Waals surface area (Å²) < 4.78 is 13.2. The van der Waals surface area contributed by atoms with E-state index in [1.807, 2.05) is 45.0 Å². The van der Waals surface area contributed by atoms with Crippen LogP contribution < -0.4 is 10.2 Å². The third kappa shape index (κ3) is 6.67. The van der Waals surface area contributed by atoms with Crippen molar-refractivity contribution >= 4 is 58.7 Å². The number of carbonyl (C=O) groups is 1. The fourth-order valence-electron chi connectivity index (χ4n) is 3.55. The van der Waals surface area contributed by atoms with Gasteiger partial charge in [0.15, 0.2) is 6.61 Å². The number of nitrogens with zero attached hydrogens (tertiary/aromatic N) is 4. The smallest absolute Gasteiger partial charge is 0.277 e. The van der Waals surface area contributed by atoms with Crippen LogP contribution in [0.25, 0.3) is 5.69 Å². The molecule has 2 heterocycles. The fourth-order valence-corrected chi connectivity index (χ4v) is 4.75. The molecule has 4 aromatic rings. The van der Waals surface area contributed by atoms with Gasteiger partial charge in [-0.05, 0) is 62.7 Å². The number of halogens is 3. The first-order valence-corrected chi connectivity index (χ1v) is 13.1. The first kappa shape index (κ1) is 27.1. The topological polar surface area (TPSA) is 94.5 Å². The Labute approximate surface area is 233 Å². The number of aromatic nitrogens is 3. The third-order valence-electron chi connectivity index (χ3n) is 5.36. The lowest BCUT2D eigenvalue weighted by molar-refractivity contribution is -0.118. The maximum absolute atomic E-state index is 12.2. The summed E-state index contributed by atoms with van der Waals surface area (Å²) in [6.45, 7) is 6.01. The normalized spacial score (nSPS) is 11.3. The van der Waals surface area contributed by atoms with Gasteiger partial charge in [-0.3, -0.25) is 4.79 Å².